The number of nitrogens with two attached hydrogens (primary N) is 1. The summed E-state index contributed by atoms with van der Waals surface area (Å²) in [6, 6.07) is 8.71. The van der Waals surface area contributed by atoms with Crippen LogP contribution in [0.3, 0.4) is 0 Å². The van der Waals surface area contributed by atoms with Gasteiger partial charge in [-0.2, -0.15) is 0 Å². The van der Waals surface area contributed by atoms with E-state index in [1.165, 1.54) is 7.11 Å². The first-order valence-corrected chi connectivity index (χ1v) is 8.55. The molecule has 0 unspecified atom stereocenters. The first kappa shape index (κ1) is 21.3. The Morgan fingerprint density at radius 2 is 1.77 bits per heavy atom. The zero-order valence-electron chi connectivity index (χ0n) is 15.2. The van der Waals surface area contributed by atoms with Gasteiger partial charge in [0.25, 0.3) is 0 Å². The lowest BCUT2D eigenvalue weighted by molar-refractivity contribution is -0.146. The molecule has 0 aromatic heterocycles. The summed E-state index contributed by atoms with van der Waals surface area (Å²) in [6.45, 7) is 1.55. The Kier molecular flexibility index (Phi) is 9.05. The number of carbonyl (C=O) groups is 4. The van der Waals surface area contributed by atoms with Crippen molar-refractivity contribution in [1.82, 2.24) is 5.32 Å². The number of amides is 2. The second-order valence-corrected chi connectivity index (χ2v) is 6.22. The molecule has 0 spiro atoms. The van der Waals surface area contributed by atoms with E-state index in [2.05, 4.69) is 10.1 Å². The monoisotopic (exact) mass is 362 g/mol. The number of methoxy groups -OCH3 is 1. The Bertz CT molecular complexity index is 630. The lowest BCUT2D eigenvalue weighted by atomic mass is 9.98. The molecule has 0 aliphatic carbocycles. The molecule has 3 N–H and O–H groups in total. The molecule has 0 radical (unpaired) electrons. The average molecular weight is 362 g/mol. The fourth-order valence-corrected chi connectivity index (χ4v) is 2.54. The van der Waals surface area contributed by atoms with Crippen molar-refractivity contribution < 1.29 is 23.9 Å². The van der Waals surface area contributed by atoms with Crippen molar-refractivity contribution in [2.45, 2.75) is 45.1 Å². The summed E-state index contributed by atoms with van der Waals surface area (Å²) in [6.07, 6.45) is 1.16. The van der Waals surface area contributed by atoms with E-state index in [0.29, 0.717) is 6.42 Å². The van der Waals surface area contributed by atoms with E-state index in [0.717, 1.165) is 12.0 Å². The van der Waals surface area contributed by atoms with E-state index >= 15 is 0 Å². The third-order valence-corrected chi connectivity index (χ3v) is 3.95. The summed E-state index contributed by atoms with van der Waals surface area (Å²) < 4.78 is 4.58. The lowest BCUT2D eigenvalue weighted by Crippen LogP contribution is -2.44. The highest BCUT2D eigenvalue weighted by atomic mass is 16.5. The molecule has 0 saturated heterocycles. The van der Waals surface area contributed by atoms with Gasteiger partial charge in [0.05, 0.1) is 25.5 Å². The van der Waals surface area contributed by atoms with Gasteiger partial charge < -0.3 is 15.8 Å². The highest BCUT2D eigenvalue weighted by Gasteiger charge is 2.26. The molecule has 0 heterocycles. The third-order valence-electron chi connectivity index (χ3n) is 3.95. The van der Waals surface area contributed by atoms with Crippen LogP contribution in [0, 0.1) is 5.92 Å². The Morgan fingerprint density at radius 3 is 2.35 bits per heavy atom. The highest BCUT2D eigenvalue weighted by molar-refractivity contribution is 5.94. The van der Waals surface area contributed by atoms with Gasteiger partial charge in [0.2, 0.25) is 11.8 Å². The van der Waals surface area contributed by atoms with E-state index in [1.54, 1.807) is 6.92 Å². The molecule has 1 aromatic carbocycles. The van der Waals surface area contributed by atoms with Crippen LogP contribution in [0.4, 0.5) is 0 Å². The summed E-state index contributed by atoms with van der Waals surface area (Å²) in [7, 11) is 1.23. The van der Waals surface area contributed by atoms with Crippen molar-refractivity contribution >= 4 is 23.6 Å². The first-order valence-electron chi connectivity index (χ1n) is 8.55. The molecule has 7 heteroatoms. The molecular formula is C19H26N2O5. The van der Waals surface area contributed by atoms with Crippen molar-refractivity contribution in [2.24, 2.45) is 11.7 Å². The smallest absolute Gasteiger partial charge is 0.308 e. The number of hydrogen-bond donors (Lipinski definition) is 2. The van der Waals surface area contributed by atoms with E-state index in [-0.39, 0.29) is 25.2 Å². The summed E-state index contributed by atoms with van der Waals surface area (Å²) in [5.74, 6) is -2.62. The average Bonchev–Trinajstić information content (AvgIpc) is 2.60. The van der Waals surface area contributed by atoms with Crippen LogP contribution in [0.5, 0.6) is 0 Å². The highest BCUT2D eigenvalue weighted by Crippen LogP contribution is 2.10. The molecule has 0 aliphatic heterocycles. The van der Waals surface area contributed by atoms with Crippen molar-refractivity contribution in [1.29, 1.82) is 0 Å². The minimum atomic E-state index is -1.02. The second kappa shape index (κ2) is 11.0. The van der Waals surface area contributed by atoms with Crippen LogP contribution in [-0.2, 0) is 30.3 Å². The van der Waals surface area contributed by atoms with Crippen LogP contribution in [0.2, 0.25) is 0 Å². The van der Waals surface area contributed by atoms with Gasteiger partial charge in [-0.1, -0.05) is 37.3 Å². The molecule has 7 nitrogen and oxygen atoms in total. The van der Waals surface area contributed by atoms with Gasteiger partial charge in [0.15, 0.2) is 5.78 Å². The number of nitrogens with one attached hydrogen (secondary N) is 1. The quantitative estimate of drug-likeness (QED) is 0.573. The largest absolute Gasteiger partial charge is 0.469 e. The number of ketones is 1. The minimum absolute atomic E-state index is 0.130. The van der Waals surface area contributed by atoms with Gasteiger partial charge in [-0.3, -0.25) is 19.2 Å². The molecule has 1 rings (SSSR count). The third kappa shape index (κ3) is 7.92. The van der Waals surface area contributed by atoms with Crippen molar-refractivity contribution in [3.05, 3.63) is 35.9 Å². The van der Waals surface area contributed by atoms with Crippen LogP contribution in [0.1, 0.15) is 38.2 Å². The van der Waals surface area contributed by atoms with Crippen LogP contribution in [0.15, 0.2) is 30.3 Å². The zero-order chi connectivity index (χ0) is 19.5. The Balaban J connectivity index is 2.54. The number of primary amides is 1. The van der Waals surface area contributed by atoms with Gasteiger partial charge in [0.1, 0.15) is 0 Å². The number of benzene rings is 1. The molecule has 0 saturated carbocycles. The number of esters is 1. The first-order chi connectivity index (χ1) is 12.3. The molecule has 0 fully saturated rings. The maximum Gasteiger partial charge on any atom is 0.308 e. The number of aryl methyl sites for hydroxylation is 1. The Labute approximate surface area is 153 Å². The van der Waals surface area contributed by atoms with Crippen LogP contribution in [0.25, 0.3) is 0 Å². The minimum Gasteiger partial charge on any atom is -0.469 e. The Hall–Kier alpha value is -2.70. The zero-order valence-corrected chi connectivity index (χ0v) is 15.2. The predicted octanol–water partition coefficient (Wildman–Crippen LogP) is 1.14. The van der Waals surface area contributed by atoms with E-state index in [9.17, 15) is 19.2 Å². The predicted molar refractivity (Wildman–Crippen MR) is 95.9 cm³/mol. The molecule has 2 atom stereocenters. The topological polar surface area (TPSA) is 116 Å². The number of Topliss-reactive ketones (excluding diaryl/α,β-unsaturated/α-hetero) is 1. The summed E-state index contributed by atoms with van der Waals surface area (Å²) in [4.78, 5) is 47.0. The second-order valence-electron chi connectivity index (χ2n) is 6.22. The Morgan fingerprint density at radius 1 is 1.12 bits per heavy atom. The van der Waals surface area contributed by atoms with Crippen molar-refractivity contribution in [3.8, 4) is 0 Å². The lowest BCUT2D eigenvalue weighted by Gasteiger charge is -2.18. The van der Waals surface area contributed by atoms with Crippen molar-refractivity contribution in [2.75, 3.05) is 7.11 Å². The number of rotatable bonds is 11. The van der Waals surface area contributed by atoms with Crippen LogP contribution in [-0.4, -0.2) is 36.7 Å². The fourth-order valence-electron chi connectivity index (χ4n) is 2.54. The van der Waals surface area contributed by atoms with Gasteiger partial charge in [0, 0.05) is 12.8 Å². The fraction of sp³-hybridized carbons (Fsp3) is 0.474. The van der Waals surface area contributed by atoms with E-state index in [4.69, 9.17) is 5.73 Å². The SMILES string of the molecule is COC(=O)[C@H](C)CC(=O)[C@@H](CC(N)=O)NC(=O)CCCc1ccccc1. The van der Waals surface area contributed by atoms with Gasteiger partial charge >= 0.3 is 5.97 Å². The van der Waals surface area contributed by atoms with E-state index < -0.39 is 29.6 Å². The maximum atomic E-state index is 12.3. The van der Waals surface area contributed by atoms with Crippen LogP contribution >= 0.6 is 0 Å². The standard InChI is InChI=1S/C19H26N2O5/c1-13(19(25)26-2)11-16(22)15(12-17(20)23)21-18(24)10-6-9-14-7-4-3-5-8-14/h3-5,7-8,13,15H,6,9-12H2,1-2H3,(H2,20,23)(H,21,24)/t13-,15-/m1/s1. The molecule has 142 valence electrons. The number of ether oxygens (including phenoxy) is 1. The molecule has 0 bridgehead atoms. The molecule has 26 heavy (non-hydrogen) atoms. The summed E-state index contributed by atoms with van der Waals surface area (Å²) in [5.41, 5.74) is 6.29. The molecular weight excluding hydrogens is 336 g/mol. The van der Waals surface area contributed by atoms with E-state index in [1.807, 2.05) is 30.3 Å². The van der Waals surface area contributed by atoms with Gasteiger partial charge in [-0.05, 0) is 18.4 Å². The van der Waals surface area contributed by atoms with Crippen molar-refractivity contribution in [3.63, 3.8) is 0 Å². The summed E-state index contributed by atoms with van der Waals surface area (Å²) in [5, 5.41) is 2.56. The number of carbonyl (C=O) groups excluding carboxylic acids is 4. The van der Waals surface area contributed by atoms with Gasteiger partial charge in [-0.25, -0.2) is 0 Å². The normalized spacial score (nSPS) is 12.7. The molecule has 2 amide bonds. The van der Waals surface area contributed by atoms with Gasteiger partial charge in [-0.15, -0.1) is 0 Å². The summed E-state index contributed by atoms with van der Waals surface area (Å²) >= 11 is 0. The molecule has 1 aromatic rings. The van der Waals surface area contributed by atoms with Crippen LogP contribution < -0.4 is 11.1 Å². The molecule has 0 aliphatic rings. The number of hydrogen-bond acceptors (Lipinski definition) is 5. The maximum absolute atomic E-state index is 12.3.